The highest BCUT2D eigenvalue weighted by atomic mass is 16.5. The van der Waals surface area contributed by atoms with Crippen molar-refractivity contribution in [2.24, 2.45) is 0 Å². The maximum absolute atomic E-state index is 11.7. The van der Waals surface area contributed by atoms with Crippen LogP contribution in [0.15, 0.2) is 24.3 Å². The molecule has 1 aromatic rings. The number of carbonyl (C=O) groups excluding carboxylic acids is 2. The van der Waals surface area contributed by atoms with Gasteiger partial charge in [-0.25, -0.2) is 0 Å². The second kappa shape index (κ2) is 6.26. The Morgan fingerprint density at radius 3 is 2.38 bits per heavy atom. The Balaban J connectivity index is 1.61. The fourth-order valence-electron chi connectivity index (χ4n) is 2.92. The van der Waals surface area contributed by atoms with Crippen LogP contribution in [0, 0.1) is 0 Å². The van der Waals surface area contributed by atoms with Crippen LogP contribution in [-0.4, -0.2) is 31.0 Å². The molecule has 1 aromatic carbocycles. The SMILES string of the molecule is O=C1CC[C@H](Oc2ccc(C3CCNCC3)cc2)C(=O)N1. The highest BCUT2D eigenvalue weighted by Gasteiger charge is 2.28. The number of piperidine rings is 2. The highest BCUT2D eigenvalue weighted by Crippen LogP contribution is 2.27. The zero-order valence-electron chi connectivity index (χ0n) is 11.9. The van der Waals surface area contributed by atoms with Crippen molar-refractivity contribution in [3.63, 3.8) is 0 Å². The summed E-state index contributed by atoms with van der Waals surface area (Å²) in [4.78, 5) is 22.8. The summed E-state index contributed by atoms with van der Waals surface area (Å²) in [6, 6.07) is 8.00. The molecule has 112 valence electrons. The summed E-state index contributed by atoms with van der Waals surface area (Å²) < 4.78 is 5.68. The molecular weight excluding hydrogens is 268 g/mol. The monoisotopic (exact) mass is 288 g/mol. The second-order valence-corrected chi connectivity index (χ2v) is 5.65. The van der Waals surface area contributed by atoms with E-state index in [-0.39, 0.29) is 11.8 Å². The van der Waals surface area contributed by atoms with Gasteiger partial charge in [0.1, 0.15) is 5.75 Å². The third kappa shape index (κ3) is 3.42. The maximum atomic E-state index is 11.7. The summed E-state index contributed by atoms with van der Waals surface area (Å²) in [6.07, 6.45) is 2.54. The van der Waals surface area contributed by atoms with Crippen molar-refractivity contribution in [2.75, 3.05) is 13.1 Å². The lowest BCUT2D eigenvalue weighted by atomic mass is 9.90. The van der Waals surface area contributed by atoms with Crippen LogP contribution in [-0.2, 0) is 9.59 Å². The molecule has 2 N–H and O–H groups in total. The second-order valence-electron chi connectivity index (χ2n) is 5.65. The van der Waals surface area contributed by atoms with Crippen molar-refractivity contribution in [1.29, 1.82) is 0 Å². The lowest BCUT2D eigenvalue weighted by molar-refractivity contribution is -0.138. The van der Waals surface area contributed by atoms with E-state index in [0.29, 0.717) is 24.5 Å². The maximum Gasteiger partial charge on any atom is 0.267 e. The first-order valence-electron chi connectivity index (χ1n) is 7.53. The van der Waals surface area contributed by atoms with E-state index in [9.17, 15) is 9.59 Å². The van der Waals surface area contributed by atoms with Crippen molar-refractivity contribution < 1.29 is 14.3 Å². The summed E-state index contributed by atoms with van der Waals surface area (Å²) >= 11 is 0. The summed E-state index contributed by atoms with van der Waals surface area (Å²) in [5.41, 5.74) is 1.33. The molecule has 0 unspecified atom stereocenters. The van der Waals surface area contributed by atoms with E-state index in [1.807, 2.05) is 12.1 Å². The minimum Gasteiger partial charge on any atom is -0.481 e. The van der Waals surface area contributed by atoms with Crippen molar-refractivity contribution in [3.8, 4) is 5.75 Å². The van der Waals surface area contributed by atoms with Gasteiger partial charge in [0, 0.05) is 12.8 Å². The first-order chi connectivity index (χ1) is 10.2. The summed E-state index contributed by atoms with van der Waals surface area (Å²) in [5.74, 6) is 0.730. The van der Waals surface area contributed by atoms with Crippen molar-refractivity contribution in [3.05, 3.63) is 29.8 Å². The molecule has 2 amide bonds. The van der Waals surface area contributed by atoms with E-state index >= 15 is 0 Å². The number of amides is 2. The molecule has 2 aliphatic heterocycles. The van der Waals surface area contributed by atoms with Crippen LogP contribution in [0.25, 0.3) is 0 Å². The van der Waals surface area contributed by atoms with Gasteiger partial charge in [-0.1, -0.05) is 12.1 Å². The van der Waals surface area contributed by atoms with E-state index in [1.165, 1.54) is 5.56 Å². The predicted molar refractivity (Wildman–Crippen MR) is 78.1 cm³/mol. The molecule has 0 radical (unpaired) electrons. The number of rotatable bonds is 3. The number of benzene rings is 1. The predicted octanol–water partition coefficient (Wildman–Crippen LogP) is 1.34. The van der Waals surface area contributed by atoms with Crippen LogP contribution in [0.1, 0.15) is 37.2 Å². The number of nitrogens with one attached hydrogen (secondary N) is 2. The number of ether oxygens (including phenoxy) is 1. The Bertz CT molecular complexity index is 521. The molecule has 0 spiro atoms. The smallest absolute Gasteiger partial charge is 0.267 e. The van der Waals surface area contributed by atoms with Crippen molar-refractivity contribution in [2.45, 2.75) is 37.7 Å². The largest absolute Gasteiger partial charge is 0.481 e. The number of hydrogen-bond donors (Lipinski definition) is 2. The van der Waals surface area contributed by atoms with Gasteiger partial charge in [-0.2, -0.15) is 0 Å². The topological polar surface area (TPSA) is 67.4 Å². The molecule has 21 heavy (non-hydrogen) atoms. The molecule has 5 nitrogen and oxygen atoms in total. The van der Waals surface area contributed by atoms with Crippen LogP contribution < -0.4 is 15.4 Å². The van der Waals surface area contributed by atoms with Gasteiger partial charge in [-0.3, -0.25) is 14.9 Å². The fourth-order valence-corrected chi connectivity index (χ4v) is 2.92. The van der Waals surface area contributed by atoms with Gasteiger partial charge in [0.25, 0.3) is 5.91 Å². The number of carbonyl (C=O) groups is 2. The minimum absolute atomic E-state index is 0.221. The Morgan fingerprint density at radius 2 is 1.71 bits per heavy atom. The molecule has 0 aliphatic carbocycles. The molecule has 0 aromatic heterocycles. The summed E-state index contributed by atoms with van der Waals surface area (Å²) in [6.45, 7) is 2.14. The lowest BCUT2D eigenvalue weighted by Gasteiger charge is -2.24. The number of hydrogen-bond acceptors (Lipinski definition) is 4. The van der Waals surface area contributed by atoms with Gasteiger partial charge in [0.05, 0.1) is 0 Å². The molecule has 2 aliphatic rings. The molecule has 2 saturated heterocycles. The van der Waals surface area contributed by atoms with E-state index in [2.05, 4.69) is 22.8 Å². The van der Waals surface area contributed by atoms with Gasteiger partial charge in [-0.15, -0.1) is 0 Å². The van der Waals surface area contributed by atoms with Crippen molar-refractivity contribution in [1.82, 2.24) is 10.6 Å². The van der Waals surface area contributed by atoms with E-state index in [4.69, 9.17) is 4.74 Å². The molecule has 2 fully saturated rings. The molecule has 5 heteroatoms. The lowest BCUT2D eigenvalue weighted by Crippen LogP contribution is -2.46. The molecule has 0 bridgehead atoms. The summed E-state index contributed by atoms with van der Waals surface area (Å²) in [5, 5.41) is 5.66. The van der Waals surface area contributed by atoms with E-state index in [0.717, 1.165) is 25.9 Å². The molecular formula is C16H20N2O3. The highest BCUT2D eigenvalue weighted by molar-refractivity contribution is 5.99. The molecule has 1 atom stereocenters. The Kier molecular flexibility index (Phi) is 4.20. The first-order valence-corrected chi connectivity index (χ1v) is 7.53. The first kappa shape index (κ1) is 14.1. The van der Waals surface area contributed by atoms with Gasteiger partial charge in [0.15, 0.2) is 6.10 Å². The Morgan fingerprint density at radius 1 is 1.00 bits per heavy atom. The molecule has 3 rings (SSSR count). The number of imide groups is 1. The van der Waals surface area contributed by atoms with Gasteiger partial charge >= 0.3 is 0 Å². The van der Waals surface area contributed by atoms with Crippen LogP contribution in [0.3, 0.4) is 0 Å². The molecule has 0 saturated carbocycles. The summed E-state index contributed by atoms with van der Waals surface area (Å²) in [7, 11) is 0. The van der Waals surface area contributed by atoms with Gasteiger partial charge < -0.3 is 10.1 Å². The third-order valence-corrected chi connectivity index (χ3v) is 4.16. The van der Waals surface area contributed by atoms with Crippen LogP contribution in [0.4, 0.5) is 0 Å². The van der Waals surface area contributed by atoms with Crippen LogP contribution in [0.2, 0.25) is 0 Å². The quantitative estimate of drug-likeness (QED) is 0.824. The van der Waals surface area contributed by atoms with Gasteiger partial charge in [-0.05, 0) is 49.5 Å². The van der Waals surface area contributed by atoms with Crippen molar-refractivity contribution >= 4 is 11.8 Å². The Hall–Kier alpha value is -1.88. The minimum atomic E-state index is -0.563. The van der Waals surface area contributed by atoms with Gasteiger partial charge in [0.2, 0.25) is 5.91 Å². The normalized spacial score (nSPS) is 23.7. The van der Waals surface area contributed by atoms with Crippen LogP contribution in [0.5, 0.6) is 5.75 Å². The zero-order chi connectivity index (χ0) is 14.7. The average Bonchev–Trinajstić information content (AvgIpc) is 2.52. The third-order valence-electron chi connectivity index (χ3n) is 4.16. The fraction of sp³-hybridized carbons (Fsp3) is 0.500. The van der Waals surface area contributed by atoms with E-state index in [1.54, 1.807) is 0 Å². The average molecular weight is 288 g/mol. The Labute approximate surface area is 124 Å². The van der Waals surface area contributed by atoms with Crippen LogP contribution >= 0.6 is 0 Å². The molecule has 2 heterocycles. The standard InChI is InChI=1S/C16H20N2O3/c19-15-6-5-14(16(20)18-15)21-13-3-1-11(2-4-13)12-7-9-17-10-8-12/h1-4,12,14,17H,5-10H2,(H,18,19,20)/t14-/m0/s1. The van der Waals surface area contributed by atoms with E-state index < -0.39 is 6.10 Å². The zero-order valence-corrected chi connectivity index (χ0v) is 11.9.